The number of nitrogens with one attached hydrogen (secondary N) is 2. The molecule has 1 rings (SSSR count). The number of unbranched alkanes of at least 4 members (excludes halogenated alkanes) is 2. The van der Waals surface area contributed by atoms with Gasteiger partial charge in [-0.2, -0.15) is 0 Å². The molecule has 1 saturated heterocycles. The summed E-state index contributed by atoms with van der Waals surface area (Å²) in [6.45, 7) is 4.20. The molecule has 3 heteroatoms. The number of hydrogen-bond donors (Lipinski definition) is 2. The van der Waals surface area contributed by atoms with Gasteiger partial charge in [0.25, 0.3) is 0 Å². The Labute approximate surface area is 86.6 Å². The van der Waals surface area contributed by atoms with Crippen LogP contribution in [0.25, 0.3) is 0 Å². The lowest BCUT2D eigenvalue weighted by Crippen LogP contribution is -2.45. The minimum Gasteiger partial charge on any atom is -0.352 e. The number of hydrogen-bond acceptors (Lipinski definition) is 2. The molecule has 0 bridgehead atoms. The smallest absolute Gasteiger partial charge is 0.220 e. The summed E-state index contributed by atoms with van der Waals surface area (Å²) in [6, 6.07) is 0.373. The third-order valence-electron chi connectivity index (χ3n) is 2.67. The van der Waals surface area contributed by atoms with Gasteiger partial charge in [0.1, 0.15) is 0 Å². The van der Waals surface area contributed by atoms with E-state index in [1.165, 1.54) is 12.8 Å². The van der Waals surface area contributed by atoms with Crippen molar-refractivity contribution >= 4 is 5.91 Å². The van der Waals surface area contributed by atoms with Crippen molar-refractivity contribution in [3.8, 4) is 0 Å². The zero-order valence-corrected chi connectivity index (χ0v) is 9.14. The molecule has 0 spiro atoms. The van der Waals surface area contributed by atoms with Gasteiger partial charge in [-0.25, -0.2) is 0 Å². The summed E-state index contributed by atoms with van der Waals surface area (Å²) in [7, 11) is 0. The Morgan fingerprint density at radius 1 is 1.50 bits per heavy atom. The van der Waals surface area contributed by atoms with Crippen molar-refractivity contribution in [1.29, 1.82) is 0 Å². The molecule has 1 heterocycles. The summed E-state index contributed by atoms with van der Waals surface area (Å²) >= 11 is 0. The fraction of sp³-hybridized carbons (Fsp3) is 0.909. The highest BCUT2D eigenvalue weighted by Crippen LogP contribution is 2.03. The molecule has 14 heavy (non-hydrogen) atoms. The Bertz CT molecular complexity index is 165. The molecule has 1 aliphatic heterocycles. The number of rotatable bonds is 5. The van der Waals surface area contributed by atoms with Crippen molar-refractivity contribution in [2.45, 2.75) is 51.5 Å². The summed E-state index contributed by atoms with van der Waals surface area (Å²) in [6.07, 6.45) is 6.38. The van der Waals surface area contributed by atoms with E-state index in [1.807, 2.05) is 0 Å². The second-order valence-electron chi connectivity index (χ2n) is 4.07. The van der Waals surface area contributed by atoms with E-state index in [9.17, 15) is 4.79 Å². The molecule has 0 aromatic heterocycles. The number of amides is 1. The minimum absolute atomic E-state index is 0.229. The maximum atomic E-state index is 11.4. The van der Waals surface area contributed by atoms with E-state index < -0.39 is 0 Å². The molecule has 0 aromatic rings. The second kappa shape index (κ2) is 6.82. The first kappa shape index (κ1) is 11.5. The SMILES string of the molecule is CCCCCC(=O)N[C@@H]1CCCNC1. The Morgan fingerprint density at radius 2 is 2.36 bits per heavy atom. The standard InChI is InChI=1S/C11H22N2O/c1-2-3-4-7-11(14)13-10-6-5-8-12-9-10/h10,12H,2-9H2,1H3,(H,13,14)/t10-/m1/s1. The Morgan fingerprint density at radius 3 is 3.00 bits per heavy atom. The van der Waals surface area contributed by atoms with Gasteiger partial charge in [-0.3, -0.25) is 4.79 Å². The highest BCUT2D eigenvalue weighted by molar-refractivity contribution is 5.76. The van der Waals surface area contributed by atoms with Gasteiger partial charge >= 0.3 is 0 Å². The average molecular weight is 198 g/mol. The maximum absolute atomic E-state index is 11.4. The molecular formula is C11H22N2O. The quantitative estimate of drug-likeness (QED) is 0.656. The fourth-order valence-electron chi connectivity index (χ4n) is 1.81. The lowest BCUT2D eigenvalue weighted by atomic mass is 10.1. The lowest BCUT2D eigenvalue weighted by molar-refractivity contribution is -0.122. The predicted octanol–water partition coefficient (Wildman–Crippen LogP) is 1.43. The summed E-state index contributed by atoms with van der Waals surface area (Å²) in [5, 5.41) is 6.37. The van der Waals surface area contributed by atoms with Crippen LogP contribution in [0.1, 0.15) is 45.4 Å². The van der Waals surface area contributed by atoms with Gasteiger partial charge in [-0.15, -0.1) is 0 Å². The van der Waals surface area contributed by atoms with Crippen LogP contribution in [-0.4, -0.2) is 25.0 Å². The van der Waals surface area contributed by atoms with Crippen molar-refractivity contribution < 1.29 is 4.79 Å². The van der Waals surface area contributed by atoms with Crippen LogP contribution in [0.5, 0.6) is 0 Å². The van der Waals surface area contributed by atoms with Crippen LogP contribution < -0.4 is 10.6 Å². The van der Waals surface area contributed by atoms with E-state index in [1.54, 1.807) is 0 Å². The first-order valence-corrected chi connectivity index (χ1v) is 5.83. The van der Waals surface area contributed by atoms with E-state index in [2.05, 4.69) is 17.6 Å². The monoisotopic (exact) mass is 198 g/mol. The van der Waals surface area contributed by atoms with Crippen LogP contribution in [0.3, 0.4) is 0 Å². The summed E-state index contributed by atoms with van der Waals surface area (Å²) in [4.78, 5) is 11.4. The summed E-state index contributed by atoms with van der Waals surface area (Å²) in [5.74, 6) is 0.229. The van der Waals surface area contributed by atoms with Crippen LogP contribution in [0.4, 0.5) is 0 Å². The first-order valence-electron chi connectivity index (χ1n) is 5.83. The Hall–Kier alpha value is -0.570. The van der Waals surface area contributed by atoms with E-state index in [-0.39, 0.29) is 5.91 Å². The fourth-order valence-corrected chi connectivity index (χ4v) is 1.81. The molecule has 0 saturated carbocycles. The molecule has 0 radical (unpaired) electrons. The normalized spacial score (nSPS) is 21.9. The van der Waals surface area contributed by atoms with Crippen LogP contribution in [0.15, 0.2) is 0 Å². The van der Waals surface area contributed by atoms with Crippen LogP contribution in [0, 0.1) is 0 Å². The molecule has 1 amide bonds. The minimum atomic E-state index is 0.229. The molecule has 3 nitrogen and oxygen atoms in total. The topological polar surface area (TPSA) is 41.1 Å². The largest absolute Gasteiger partial charge is 0.352 e. The zero-order chi connectivity index (χ0) is 10.2. The van der Waals surface area contributed by atoms with Crippen molar-refractivity contribution in [3.63, 3.8) is 0 Å². The molecule has 1 aliphatic rings. The predicted molar refractivity (Wildman–Crippen MR) is 58.2 cm³/mol. The number of piperidine rings is 1. The van der Waals surface area contributed by atoms with Gasteiger partial charge in [0.05, 0.1) is 0 Å². The summed E-state index contributed by atoms with van der Waals surface area (Å²) < 4.78 is 0. The average Bonchev–Trinajstić information content (AvgIpc) is 2.20. The highest BCUT2D eigenvalue weighted by atomic mass is 16.1. The van der Waals surface area contributed by atoms with E-state index in [4.69, 9.17) is 0 Å². The van der Waals surface area contributed by atoms with Gasteiger partial charge in [0, 0.05) is 19.0 Å². The molecular weight excluding hydrogens is 176 g/mol. The van der Waals surface area contributed by atoms with Crippen molar-refractivity contribution in [1.82, 2.24) is 10.6 Å². The molecule has 1 fully saturated rings. The molecule has 0 unspecified atom stereocenters. The first-order chi connectivity index (χ1) is 6.83. The molecule has 0 aliphatic carbocycles. The van der Waals surface area contributed by atoms with E-state index >= 15 is 0 Å². The Balaban J connectivity index is 2.06. The molecule has 1 atom stereocenters. The van der Waals surface area contributed by atoms with Gasteiger partial charge < -0.3 is 10.6 Å². The third-order valence-corrected chi connectivity index (χ3v) is 2.67. The molecule has 0 aromatic carbocycles. The number of carbonyl (C=O) groups is 1. The zero-order valence-electron chi connectivity index (χ0n) is 9.14. The van der Waals surface area contributed by atoms with Crippen molar-refractivity contribution in [2.75, 3.05) is 13.1 Å². The van der Waals surface area contributed by atoms with Crippen molar-refractivity contribution in [2.24, 2.45) is 0 Å². The second-order valence-corrected chi connectivity index (χ2v) is 4.07. The molecule has 2 N–H and O–H groups in total. The molecule has 82 valence electrons. The van der Waals surface area contributed by atoms with E-state index in [0.717, 1.165) is 32.4 Å². The van der Waals surface area contributed by atoms with E-state index in [0.29, 0.717) is 12.5 Å². The lowest BCUT2D eigenvalue weighted by Gasteiger charge is -2.23. The van der Waals surface area contributed by atoms with Crippen LogP contribution in [0.2, 0.25) is 0 Å². The van der Waals surface area contributed by atoms with Gasteiger partial charge in [-0.1, -0.05) is 19.8 Å². The number of carbonyl (C=O) groups excluding carboxylic acids is 1. The Kier molecular flexibility index (Phi) is 5.60. The van der Waals surface area contributed by atoms with Gasteiger partial charge in [-0.05, 0) is 25.8 Å². The van der Waals surface area contributed by atoms with Gasteiger partial charge in [0.2, 0.25) is 5.91 Å². The van der Waals surface area contributed by atoms with Crippen molar-refractivity contribution in [3.05, 3.63) is 0 Å². The van der Waals surface area contributed by atoms with Crippen LogP contribution >= 0.6 is 0 Å². The van der Waals surface area contributed by atoms with Crippen LogP contribution in [-0.2, 0) is 4.79 Å². The summed E-state index contributed by atoms with van der Waals surface area (Å²) in [5.41, 5.74) is 0. The third kappa shape index (κ3) is 4.61. The maximum Gasteiger partial charge on any atom is 0.220 e. The van der Waals surface area contributed by atoms with Gasteiger partial charge in [0.15, 0.2) is 0 Å². The highest BCUT2D eigenvalue weighted by Gasteiger charge is 2.14.